The highest BCUT2D eigenvalue weighted by Crippen LogP contribution is 2.15. The second-order valence-corrected chi connectivity index (χ2v) is 6.13. The highest BCUT2D eigenvalue weighted by molar-refractivity contribution is 6.06. The van der Waals surface area contributed by atoms with E-state index in [4.69, 9.17) is 5.73 Å². The second-order valence-electron chi connectivity index (χ2n) is 6.13. The molecule has 0 radical (unpaired) electrons. The van der Waals surface area contributed by atoms with Gasteiger partial charge in [-0.2, -0.15) is 0 Å². The van der Waals surface area contributed by atoms with Crippen molar-refractivity contribution in [3.63, 3.8) is 0 Å². The molecular formula is C19H21N3O3. The van der Waals surface area contributed by atoms with E-state index in [-0.39, 0.29) is 17.7 Å². The fraction of sp³-hybridized carbons (Fsp3) is 0.211. The molecule has 0 saturated heterocycles. The fourth-order valence-electron chi connectivity index (χ4n) is 2.27. The minimum absolute atomic E-state index is 0.0956. The number of carbonyl (C=O) groups excluding carboxylic acids is 3. The molecule has 2 aromatic carbocycles. The van der Waals surface area contributed by atoms with E-state index in [1.54, 1.807) is 42.5 Å². The second kappa shape index (κ2) is 8.10. The van der Waals surface area contributed by atoms with Crippen molar-refractivity contribution in [1.82, 2.24) is 0 Å². The van der Waals surface area contributed by atoms with Crippen LogP contribution in [0, 0.1) is 5.92 Å². The minimum atomic E-state index is -0.564. The first kappa shape index (κ1) is 18.2. The summed E-state index contributed by atoms with van der Waals surface area (Å²) in [5, 5.41) is 5.48. The van der Waals surface area contributed by atoms with E-state index in [9.17, 15) is 14.4 Å². The van der Waals surface area contributed by atoms with Gasteiger partial charge in [0.05, 0.1) is 0 Å². The summed E-state index contributed by atoms with van der Waals surface area (Å²) in [6.45, 7) is 3.92. The van der Waals surface area contributed by atoms with E-state index in [0.29, 0.717) is 28.9 Å². The number of hydrogen-bond donors (Lipinski definition) is 3. The largest absolute Gasteiger partial charge is 0.366 e. The van der Waals surface area contributed by atoms with Gasteiger partial charge in [-0.3, -0.25) is 14.4 Å². The Hall–Kier alpha value is -3.15. The van der Waals surface area contributed by atoms with E-state index >= 15 is 0 Å². The molecule has 6 nitrogen and oxygen atoms in total. The molecule has 0 atom stereocenters. The lowest BCUT2D eigenvalue weighted by molar-refractivity contribution is -0.116. The van der Waals surface area contributed by atoms with Crippen LogP contribution >= 0.6 is 0 Å². The predicted molar refractivity (Wildman–Crippen MR) is 97.4 cm³/mol. The maximum absolute atomic E-state index is 12.4. The Kier molecular flexibility index (Phi) is 5.89. The molecule has 0 aliphatic heterocycles. The molecule has 3 amide bonds. The van der Waals surface area contributed by atoms with Crippen LogP contribution in [0.3, 0.4) is 0 Å². The minimum Gasteiger partial charge on any atom is -0.366 e. The van der Waals surface area contributed by atoms with Crippen LogP contribution in [0.1, 0.15) is 41.0 Å². The average molecular weight is 339 g/mol. The van der Waals surface area contributed by atoms with Gasteiger partial charge in [-0.05, 0) is 42.3 Å². The summed E-state index contributed by atoms with van der Waals surface area (Å²) in [6.07, 6.45) is 0.413. The Morgan fingerprint density at radius 3 is 2.08 bits per heavy atom. The molecule has 2 rings (SSSR count). The molecule has 0 heterocycles. The molecule has 4 N–H and O–H groups in total. The van der Waals surface area contributed by atoms with Crippen molar-refractivity contribution in [2.75, 3.05) is 10.6 Å². The zero-order chi connectivity index (χ0) is 18.4. The van der Waals surface area contributed by atoms with Crippen molar-refractivity contribution in [3.05, 3.63) is 59.7 Å². The van der Waals surface area contributed by atoms with Crippen molar-refractivity contribution in [1.29, 1.82) is 0 Å². The predicted octanol–water partition coefficient (Wildman–Crippen LogP) is 3.02. The summed E-state index contributed by atoms with van der Waals surface area (Å²) in [7, 11) is 0. The first-order valence-electron chi connectivity index (χ1n) is 7.96. The Bertz CT molecular complexity index is 800. The molecule has 130 valence electrons. The van der Waals surface area contributed by atoms with Gasteiger partial charge in [-0.1, -0.05) is 26.0 Å². The van der Waals surface area contributed by atoms with Crippen LogP contribution in [0.15, 0.2) is 48.5 Å². The first-order valence-corrected chi connectivity index (χ1v) is 7.96. The number of hydrogen-bond acceptors (Lipinski definition) is 3. The number of anilines is 2. The Morgan fingerprint density at radius 1 is 0.920 bits per heavy atom. The van der Waals surface area contributed by atoms with Crippen molar-refractivity contribution >= 4 is 29.1 Å². The summed E-state index contributed by atoms with van der Waals surface area (Å²) in [6, 6.07) is 13.0. The molecule has 0 spiro atoms. The Balaban J connectivity index is 2.09. The molecule has 0 aliphatic rings. The number of carbonyl (C=O) groups is 3. The molecule has 6 heteroatoms. The van der Waals surface area contributed by atoms with Crippen LogP contribution in [0.5, 0.6) is 0 Å². The van der Waals surface area contributed by atoms with Gasteiger partial charge in [-0.15, -0.1) is 0 Å². The van der Waals surface area contributed by atoms with Crippen LogP contribution in [0.2, 0.25) is 0 Å². The summed E-state index contributed by atoms with van der Waals surface area (Å²) in [4.78, 5) is 35.4. The molecule has 0 unspecified atom stereocenters. The van der Waals surface area contributed by atoms with Crippen LogP contribution in [-0.2, 0) is 4.79 Å². The van der Waals surface area contributed by atoms with Crippen LogP contribution < -0.4 is 16.4 Å². The number of primary amides is 1. The van der Waals surface area contributed by atoms with E-state index in [1.165, 1.54) is 6.07 Å². The highest BCUT2D eigenvalue weighted by Gasteiger charge is 2.10. The van der Waals surface area contributed by atoms with Gasteiger partial charge in [0, 0.05) is 28.9 Å². The third kappa shape index (κ3) is 5.46. The van der Waals surface area contributed by atoms with Gasteiger partial charge in [0.1, 0.15) is 0 Å². The van der Waals surface area contributed by atoms with E-state index in [0.717, 1.165) is 0 Å². The number of rotatable bonds is 6. The topological polar surface area (TPSA) is 101 Å². The van der Waals surface area contributed by atoms with Crippen molar-refractivity contribution < 1.29 is 14.4 Å². The smallest absolute Gasteiger partial charge is 0.255 e. The zero-order valence-corrected chi connectivity index (χ0v) is 14.2. The Morgan fingerprint density at radius 2 is 1.48 bits per heavy atom. The number of benzene rings is 2. The molecule has 0 fully saturated rings. The zero-order valence-electron chi connectivity index (χ0n) is 14.2. The summed E-state index contributed by atoms with van der Waals surface area (Å²) >= 11 is 0. The van der Waals surface area contributed by atoms with Gasteiger partial charge in [0.2, 0.25) is 11.8 Å². The molecule has 2 aromatic rings. The average Bonchev–Trinajstić information content (AvgIpc) is 2.54. The molecule has 0 bridgehead atoms. The van der Waals surface area contributed by atoms with Gasteiger partial charge in [-0.25, -0.2) is 0 Å². The Labute approximate surface area is 146 Å². The van der Waals surface area contributed by atoms with Gasteiger partial charge >= 0.3 is 0 Å². The lowest BCUT2D eigenvalue weighted by Crippen LogP contribution is -2.16. The summed E-state index contributed by atoms with van der Waals surface area (Å²) < 4.78 is 0. The van der Waals surface area contributed by atoms with Crippen LogP contribution in [0.25, 0.3) is 0 Å². The van der Waals surface area contributed by atoms with E-state index < -0.39 is 5.91 Å². The van der Waals surface area contributed by atoms with Gasteiger partial charge < -0.3 is 16.4 Å². The molecule has 25 heavy (non-hydrogen) atoms. The lowest BCUT2D eigenvalue weighted by Gasteiger charge is -2.10. The van der Waals surface area contributed by atoms with E-state index in [2.05, 4.69) is 10.6 Å². The fourth-order valence-corrected chi connectivity index (χ4v) is 2.27. The number of nitrogens with two attached hydrogens (primary N) is 1. The highest BCUT2D eigenvalue weighted by atomic mass is 16.2. The molecule has 0 aromatic heterocycles. The van der Waals surface area contributed by atoms with E-state index in [1.807, 2.05) is 13.8 Å². The maximum Gasteiger partial charge on any atom is 0.255 e. The monoisotopic (exact) mass is 339 g/mol. The van der Waals surface area contributed by atoms with Crippen molar-refractivity contribution in [2.24, 2.45) is 11.7 Å². The third-order valence-electron chi connectivity index (χ3n) is 3.41. The van der Waals surface area contributed by atoms with Crippen molar-refractivity contribution in [3.8, 4) is 0 Å². The third-order valence-corrected chi connectivity index (χ3v) is 3.41. The standard InChI is InChI=1S/C19H21N3O3/c1-12(2)9-17(23)21-15-7-4-6-14(11-15)19(25)22-16-8-3-5-13(10-16)18(20)24/h3-8,10-12H,9H2,1-2H3,(H2,20,24)(H,21,23)(H,22,25). The SMILES string of the molecule is CC(C)CC(=O)Nc1cccc(C(=O)Nc2cccc(C(N)=O)c2)c1. The van der Waals surface area contributed by atoms with Crippen molar-refractivity contribution in [2.45, 2.75) is 20.3 Å². The van der Waals surface area contributed by atoms with Crippen LogP contribution in [0.4, 0.5) is 11.4 Å². The summed E-state index contributed by atoms with van der Waals surface area (Å²) in [5.74, 6) is -0.752. The normalized spacial score (nSPS) is 10.4. The van der Waals surface area contributed by atoms with Gasteiger partial charge in [0.25, 0.3) is 5.91 Å². The molecule has 0 aliphatic carbocycles. The quantitative estimate of drug-likeness (QED) is 0.754. The number of nitrogens with one attached hydrogen (secondary N) is 2. The maximum atomic E-state index is 12.4. The van der Waals surface area contributed by atoms with Gasteiger partial charge in [0.15, 0.2) is 0 Å². The first-order chi connectivity index (χ1) is 11.8. The molecule has 0 saturated carbocycles. The van der Waals surface area contributed by atoms with Crippen LogP contribution in [-0.4, -0.2) is 17.7 Å². The summed E-state index contributed by atoms with van der Waals surface area (Å²) in [5.41, 5.74) is 6.97. The molecular weight excluding hydrogens is 318 g/mol. The lowest BCUT2D eigenvalue weighted by atomic mass is 10.1. The number of amides is 3.